The molecule has 1 rings (SSSR count). The van der Waals surface area contributed by atoms with Crippen LogP contribution in [-0.4, -0.2) is 11.1 Å². The molecule has 0 aromatic heterocycles. The molecule has 0 unspecified atom stereocenters. The van der Waals surface area contributed by atoms with Crippen molar-refractivity contribution in [2.24, 2.45) is 0 Å². The molecule has 0 saturated carbocycles. The fourth-order valence-electron chi connectivity index (χ4n) is 1.00. The van der Waals surface area contributed by atoms with Crippen molar-refractivity contribution >= 4 is 5.97 Å². The van der Waals surface area contributed by atoms with Crippen LogP contribution in [0, 0.1) is 17.7 Å². The highest BCUT2D eigenvalue weighted by Crippen LogP contribution is 2.22. The summed E-state index contributed by atoms with van der Waals surface area (Å²) in [6.07, 6.45) is -3.25. The Balaban J connectivity index is 2.88. The van der Waals surface area contributed by atoms with Crippen molar-refractivity contribution < 1.29 is 23.1 Å². The van der Waals surface area contributed by atoms with Crippen LogP contribution in [0.5, 0.6) is 0 Å². The Morgan fingerprint density at radius 3 is 2.62 bits per heavy atom. The summed E-state index contributed by atoms with van der Waals surface area (Å²) < 4.78 is 37.4. The topological polar surface area (TPSA) is 37.3 Å². The maximum Gasteiger partial charge on any atom is 0.315 e. The molecular weight excluding hydrogens is 221 g/mol. The molecule has 1 aromatic carbocycles. The van der Waals surface area contributed by atoms with Crippen LogP contribution in [-0.2, 0) is 4.79 Å². The number of halogens is 3. The summed E-state index contributed by atoms with van der Waals surface area (Å²) in [4.78, 5) is 10.1. The van der Waals surface area contributed by atoms with Crippen LogP contribution < -0.4 is 0 Å². The van der Waals surface area contributed by atoms with Crippen molar-refractivity contribution in [3.05, 3.63) is 35.1 Å². The lowest BCUT2D eigenvalue weighted by Crippen LogP contribution is -1.92. The average Bonchev–Trinajstić information content (AvgIpc) is 2.16. The number of aliphatic carboxylic acids is 1. The van der Waals surface area contributed by atoms with Gasteiger partial charge in [0.05, 0.1) is 5.56 Å². The van der Waals surface area contributed by atoms with E-state index in [4.69, 9.17) is 5.11 Å². The molecule has 5 heteroatoms. The van der Waals surface area contributed by atoms with Gasteiger partial charge in [0.25, 0.3) is 6.43 Å². The highest BCUT2D eigenvalue weighted by atomic mass is 19.3. The zero-order chi connectivity index (χ0) is 12.1. The molecule has 84 valence electrons. The highest BCUT2D eigenvalue weighted by Gasteiger charge is 2.12. The van der Waals surface area contributed by atoms with E-state index in [2.05, 4.69) is 11.8 Å². The average molecular weight is 228 g/mol. The molecule has 0 aliphatic carbocycles. The standard InChI is InChI=1S/C11H7F3O2/c12-9-6-7(2-1-3-10(15)16)4-5-8(9)11(13)14/h4-6,11H,3H2,(H,15,16). The Bertz CT molecular complexity index is 458. The van der Waals surface area contributed by atoms with Crippen LogP contribution in [0.15, 0.2) is 18.2 Å². The molecule has 1 N–H and O–H groups in total. The Morgan fingerprint density at radius 1 is 1.44 bits per heavy atom. The van der Waals surface area contributed by atoms with Gasteiger partial charge in [-0.15, -0.1) is 0 Å². The maximum absolute atomic E-state index is 13.0. The normalized spacial score (nSPS) is 9.75. The molecule has 0 heterocycles. The minimum atomic E-state index is -2.87. The zero-order valence-electron chi connectivity index (χ0n) is 8.01. The van der Waals surface area contributed by atoms with E-state index < -0.39 is 23.8 Å². The molecule has 0 amide bonds. The summed E-state index contributed by atoms with van der Waals surface area (Å²) in [5.41, 5.74) is -0.521. The van der Waals surface area contributed by atoms with Crippen molar-refractivity contribution in [2.45, 2.75) is 12.8 Å². The summed E-state index contributed by atoms with van der Waals surface area (Å²) in [6, 6.07) is 3.01. The number of benzene rings is 1. The number of hydrogen-bond acceptors (Lipinski definition) is 1. The summed E-state index contributed by atoms with van der Waals surface area (Å²) >= 11 is 0. The number of alkyl halides is 2. The van der Waals surface area contributed by atoms with Gasteiger partial charge >= 0.3 is 5.97 Å². The number of rotatable bonds is 2. The molecule has 0 radical (unpaired) electrons. The number of carboxylic acid groups (broad SMARTS) is 1. The molecule has 0 aliphatic heterocycles. The van der Waals surface area contributed by atoms with Gasteiger partial charge in [-0.25, -0.2) is 13.2 Å². The summed E-state index contributed by atoms with van der Waals surface area (Å²) in [7, 11) is 0. The monoisotopic (exact) mass is 228 g/mol. The van der Waals surface area contributed by atoms with E-state index in [1.54, 1.807) is 0 Å². The first kappa shape index (κ1) is 12.1. The molecule has 0 saturated heterocycles. The first-order valence-electron chi connectivity index (χ1n) is 4.29. The third-order valence-corrected chi connectivity index (χ3v) is 1.71. The lowest BCUT2D eigenvalue weighted by atomic mass is 10.1. The van der Waals surface area contributed by atoms with Gasteiger partial charge in [0.2, 0.25) is 0 Å². The first-order valence-corrected chi connectivity index (χ1v) is 4.29. The van der Waals surface area contributed by atoms with Crippen LogP contribution in [0.4, 0.5) is 13.2 Å². The van der Waals surface area contributed by atoms with E-state index in [0.29, 0.717) is 0 Å². The highest BCUT2D eigenvalue weighted by molar-refractivity contribution is 5.70. The fourth-order valence-corrected chi connectivity index (χ4v) is 1.00. The predicted octanol–water partition coefficient (Wildman–Crippen LogP) is 2.59. The van der Waals surface area contributed by atoms with Crippen molar-refractivity contribution in [1.29, 1.82) is 0 Å². The quantitative estimate of drug-likeness (QED) is 0.790. The summed E-state index contributed by atoms with van der Waals surface area (Å²) in [5.74, 6) is 2.50. The van der Waals surface area contributed by atoms with Gasteiger partial charge in [-0.3, -0.25) is 4.79 Å². The molecule has 0 bridgehead atoms. The van der Waals surface area contributed by atoms with Gasteiger partial charge in [0, 0.05) is 5.56 Å². The lowest BCUT2D eigenvalue weighted by molar-refractivity contribution is -0.135. The van der Waals surface area contributed by atoms with E-state index in [-0.39, 0.29) is 12.0 Å². The predicted molar refractivity (Wildman–Crippen MR) is 50.5 cm³/mol. The van der Waals surface area contributed by atoms with Crippen LogP contribution in [0.2, 0.25) is 0 Å². The minimum absolute atomic E-state index is 0.170. The third-order valence-electron chi connectivity index (χ3n) is 1.71. The van der Waals surface area contributed by atoms with Crippen LogP contribution >= 0.6 is 0 Å². The second kappa shape index (κ2) is 5.21. The van der Waals surface area contributed by atoms with Gasteiger partial charge in [-0.2, -0.15) is 0 Å². The Hall–Kier alpha value is -1.96. The number of carbonyl (C=O) groups is 1. The molecule has 0 aliphatic rings. The zero-order valence-corrected chi connectivity index (χ0v) is 8.01. The summed E-state index contributed by atoms with van der Waals surface area (Å²) in [5, 5.41) is 8.29. The number of carboxylic acids is 1. The van der Waals surface area contributed by atoms with E-state index in [1.807, 2.05) is 0 Å². The van der Waals surface area contributed by atoms with Gasteiger partial charge in [0.15, 0.2) is 0 Å². The molecule has 0 atom stereocenters. The largest absolute Gasteiger partial charge is 0.481 e. The Kier molecular flexibility index (Phi) is 3.95. The first-order chi connectivity index (χ1) is 7.50. The molecule has 0 fully saturated rings. The molecule has 1 aromatic rings. The van der Waals surface area contributed by atoms with E-state index >= 15 is 0 Å². The van der Waals surface area contributed by atoms with Gasteiger partial charge in [-0.05, 0) is 18.2 Å². The minimum Gasteiger partial charge on any atom is -0.481 e. The lowest BCUT2D eigenvalue weighted by Gasteiger charge is -2.01. The number of hydrogen-bond donors (Lipinski definition) is 1. The Morgan fingerprint density at radius 2 is 2.12 bits per heavy atom. The van der Waals surface area contributed by atoms with E-state index in [0.717, 1.165) is 12.1 Å². The van der Waals surface area contributed by atoms with Gasteiger partial charge in [0.1, 0.15) is 12.2 Å². The maximum atomic E-state index is 13.0. The van der Waals surface area contributed by atoms with Crippen molar-refractivity contribution in [3.8, 4) is 11.8 Å². The second-order valence-corrected chi connectivity index (χ2v) is 2.91. The Labute approximate surface area is 89.7 Å². The molecular formula is C11H7F3O2. The van der Waals surface area contributed by atoms with Crippen LogP contribution in [0.3, 0.4) is 0 Å². The SMILES string of the molecule is O=C(O)CC#Cc1ccc(C(F)F)c(F)c1. The van der Waals surface area contributed by atoms with E-state index in [9.17, 15) is 18.0 Å². The second-order valence-electron chi connectivity index (χ2n) is 2.91. The van der Waals surface area contributed by atoms with Crippen LogP contribution in [0.1, 0.15) is 24.0 Å². The molecule has 2 nitrogen and oxygen atoms in total. The molecule has 16 heavy (non-hydrogen) atoms. The fraction of sp³-hybridized carbons (Fsp3) is 0.182. The van der Waals surface area contributed by atoms with Gasteiger partial charge in [-0.1, -0.05) is 11.8 Å². The smallest absolute Gasteiger partial charge is 0.315 e. The third kappa shape index (κ3) is 3.31. The molecule has 0 spiro atoms. The van der Waals surface area contributed by atoms with Crippen molar-refractivity contribution in [2.75, 3.05) is 0 Å². The van der Waals surface area contributed by atoms with E-state index in [1.165, 1.54) is 6.07 Å². The van der Waals surface area contributed by atoms with Gasteiger partial charge < -0.3 is 5.11 Å². The van der Waals surface area contributed by atoms with Crippen molar-refractivity contribution in [1.82, 2.24) is 0 Å². The summed E-state index contributed by atoms with van der Waals surface area (Å²) in [6.45, 7) is 0. The van der Waals surface area contributed by atoms with Crippen LogP contribution in [0.25, 0.3) is 0 Å². The van der Waals surface area contributed by atoms with Crippen molar-refractivity contribution in [3.63, 3.8) is 0 Å².